The van der Waals surface area contributed by atoms with Gasteiger partial charge in [0.05, 0.1) is 11.5 Å². The minimum atomic E-state index is -0.560. The van der Waals surface area contributed by atoms with E-state index < -0.39 is 10.8 Å². The fourth-order valence-electron chi connectivity index (χ4n) is 3.08. The van der Waals surface area contributed by atoms with Gasteiger partial charge in [0.25, 0.3) is 5.91 Å². The number of carbonyl (C=O) groups excluding carboxylic acids is 1. The van der Waals surface area contributed by atoms with Gasteiger partial charge in [-0.2, -0.15) is 0 Å². The van der Waals surface area contributed by atoms with Crippen LogP contribution in [0, 0.1) is 17.0 Å². The molecule has 2 heterocycles. The second-order valence-electron chi connectivity index (χ2n) is 6.65. The lowest BCUT2D eigenvalue weighted by molar-refractivity contribution is -0.383. The van der Waals surface area contributed by atoms with Crippen molar-refractivity contribution in [1.82, 2.24) is 20.3 Å². The number of piperazine rings is 1. The van der Waals surface area contributed by atoms with Crippen molar-refractivity contribution >= 4 is 23.2 Å². The minimum absolute atomic E-state index is 0.0718. The van der Waals surface area contributed by atoms with Crippen LogP contribution in [0.5, 0.6) is 0 Å². The number of nitrogens with one attached hydrogen (secondary N) is 2. The first-order valence-corrected chi connectivity index (χ1v) is 9.20. The summed E-state index contributed by atoms with van der Waals surface area (Å²) in [6, 6.07) is 6.93. The minimum Gasteiger partial charge on any atom is -0.395 e. The number of aromatic nitrogens is 2. The van der Waals surface area contributed by atoms with Crippen molar-refractivity contribution in [3.8, 4) is 0 Å². The summed E-state index contributed by atoms with van der Waals surface area (Å²) < 4.78 is 0. The first kappa shape index (κ1) is 20.4. The van der Waals surface area contributed by atoms with Crippen LogP contribution < -0.4 is 15.8 Å². The Labute approximate surface area is 167 Å². The average Bonchev–Trinajstić information content (AvgIpc) is 2.73. The third kappa shape index (κ3) is 4.95. The number of aryl methyl sites for hydroxylation is 1. The standard InChI is InChI=1S/C18H23N7O4/c1-13-2-4-14(5-3-13)18(27)22-21-16-15(25(28)29)17(20-12-19-16)24-8-6-23(7-9-24)10-11-26/h2-5,12,26H,6-11H2,1H3,(H,22,27)(H,19,20,21). The van der Waals surface area contributed by atoms with Gasteiger partial charge in [-0.1, -0.05) is 17.7 Å². The van der Waals surface area contributed by atoms with E-state index in [0.717, 1.165) is 5.56 Å². The molecule has 0 radical (unpaired) electrons. The molecule has 29 heavy (non-hydrogen) atoms. The van der Waals surface area contributed by atoms with Crippen LogP contribution in [0.1, 0.15) is 15.9 Å². The van der Waals surface area contributed by atoms with E-state index in [0.29, 0.717) is 38.3 Å². The van der Waals surface area contributed by atoms with Crippen LogP contribution in [0.2, 0.25) is 0 Å². The number of amides is 1. The van der Waals surface area contributed by atoms with Crippen molar-refractivity contribution in [2.75, 3.05) is 49.7 Å². The van der Waals surface area contributed by atoms with E-state index in [1.54, 1.807) is 29.2 Å². The number of aliphatic hydroxyl groups excluding tert-OH is 1. The Morgan fingerprint density at radius 2 is 1.90 bits per heavy atom. The van der Waals surface area contributed by atoms with Gasteiger partial charge in [-0.25, -0.2) is 9.97 Å². The van der Waals surface area contributed by atoms with Crippen LogP contribution in [0.25, 0.3) is 0 Å². The van der Waals surface area contributed by atoms with Gasteiger partial charge in [0, 0.05) is 38.3 Å². The van der Waals surface area contributed by atoms with Gasteiger partial charge in [-0.15, -0.1) is 0 Å². The Hall–Kier alpha value is -3.31. The van der Waals surface area contributed by atoms with Gasteiger partial charge in [-0.05, 0) is 19.1 Å². The summed E-state index contributed by atoms with van der Waals surface area (Å²) in [5.41, 5.74) is 6.14. The molecule has 1 fully saturated rings. The molecular weight excluding hydrogens is 378 g/mol. The molecule has 1 aliphatic rings. The van der Waals surface area contributed by atoms with Crippen LogP contribution in [-0.4, -0.2) is 70.1 Å². The van der Waals surface area contributed by atoms with Gasteiger partial charge in [-0.3, -0.25) is 30.7 Å². The molecule has 1 aliphatic heterocycles. The molecule has 1 aromatic carbocycles. The van der Waals surface area contributed by atoms with E-state index in [4.69, 9.17) is 5.11 Å². The maximum absolute atomic E-state index is 12.3. The quantitative estimate of drug-likeness (QED) is 0.449. The SMILES string of the molecule is Cc1ccc(C(=O)NNc2ncnc(N3CCN(CCO)CC3)c2[N+](=O)[O-])cc1. The van der Waals surface area contributed by atoms with Crippen LogP contribution in [0.15, 0.2) is 30.6 Å². The molecule has 0 unspecified atom stereocenters. The maximum Gasteiger partial charge on any atom is 0.355 e. The number of benzene rings is 1. The average molecular weight is 401 g/mol. The summed E-state index contributed by atoms with van der Waals surface area (Å²) in [5, 5.41) is 20.8. The van der Waals surface area contributed by atoms with E-state index in [1.165, 1.54) is 6.33 Å². The van der Waals surface area contributed by atoms with Crippen molar-refractivity contribution in [3.63, 3.8) is 0 Å². The lowest BCUT2D eigenvalue weighted by atomic mass is 10.1. The molecule has 0 atom stereocenters. The molecule has 0 bridgehead atoms. The zero-order valence-electron chi connectivity index (χ0n) is 16.0. The predicted octanol–water partition coefficient (Wildman–Crippen LogP) is 0.564. The number of aliphatic hydroxyl groups is 1. The summed E-state index contributed by atoms with van der Waals surface area (Å²) in [6.45, 7) is 4.94. The number of carbonyl (C=O) groups is 1. The van der Waals surface area contributed by atoms with Gasteiger partial charge >= 0.3 is 5.69 Å². The molecule has 0 saturated carbocycles. The molecule has 3 rings (SSSR count). The van der Waals surface area contributed by atoms with E-state index in [9.17, 15) is 14.9 Å². The number of hydrogen-bond acceptors (Lipinski definition) is 9. The lowest BCUT2D eigenvalue weighted by Crippen LogP contribution is -2.47. The molecule has 11 heteroatoms. The van der Waals surface area contributed by atoms with E-state index in [2.05, 4.69) is 25.7 Å². The number of nitro groups is 1. The smallest absolute Gasteiger partial charge is 0.355 e. The van der Waals surface area contributed by atoms with Gasteiger partial charge in [0.1, 0.15) is 6.33 Å². The van der Waals surface area contributed by atoms with Crippen LogP contribution in [0.4, 0.5) is 17.3 Å². The number of nitrogens with zero attached hydrogens (tertiary/aromatic N) is 5. The largest absolute Gasteiger partial charge is 0.395 e. The van der Waals surface area contributed by atoms with Crippen LogP contribution in [0.3, 0.4) is 0 Å². The van der Waals surface area contributed by atoms with Crippen LogP contribution in [-0.2, 0) is 0 Å². The summed E-state index contributed by atoms with van der Waals surface area (Å²) in [7, 11) is 0. The Kier molecular flexibility index (Phi) is 6.52. The Morgan fingerprint density at radius 3 is 2.52 bits per heavy atom. The molecule has 1 saturated heterocycles. The predicted molar refractivity (Wildman–Crippen MR) is 107 cm³/mol. The van der Waals surface area contributed by atoms with Crippen molar-refractivity contribution in [3.05, 3.63) is 51.8 Å². The summed E-state index contributed by atoms with van der Waals surface area (Å²) >= 11 is 0. The number of anilines is 2. The molecule has 0 spiro atoms. The third-order valence-electron chi connectivity index (χ3n) is 4.68. The van der Waals surface area contributed by atoms with Crippen LogP contribution >= 0.6 is 0 Å². The summed E-state index contributed by atoms with van der Waals surface area (Å²) in [5.74, 6) is -0.323. The zero-order chi connectivity index (χ0) is 20.8. The first-order valence-electron chi connectivity index (χ1n) is 9.20. The van der Waals surface area contributed by atoms with Gasteiger partial charge in [0.15, 0.2) is 0 Å². The van der Waals surface area contributed by atoms with Gasteiger partial charge < -0.3 is 10.0 Å². The van der Waals surface area contributed by atoms with Gasteiger partial charge in [0.2, 0.25) is 11.6 Å². The fraction of sp³-hybridized carbons (Fsp3) is 0.389. The third-order valence-corrected chi connectivity index (χ3v) is 4.68. The Morgan fingerprint density at radius 1 is 1.21 bits per heavy atom. The molecule has 0 aliphatic carbocycles. The van der Waals surface area contributed by atoms with E-state index in [1.807, 2.05) is 6.92 Å². The highest BCUT2D eigenvalue weighted by Crippen LogP contribution is 2.31. The molecule has 154 valence electrons. The molecule has 1 amide bonds. The van der Waals surface area contributed by atoms with E-state index in [-0.39, 0.29) is 23.9 Å². The number of rotatable bonds is 7. The molecule has 11 nitrogen and oxygen atoms in total. The maximum atomic E-state index is 12.3. The number of hydrazine groups is 1. The van der Waals surface area contributed by atoms with Crippen molar-refractivity contribution in [2.24, 2.45) is 0 Å². The zero-order valence-corrected chi connectivity index (χ0v) is 16.0. The van der Waals surface area contributed by atoms with Crippen molar-refractivity contribution in [1.29, 1.82) is 0 Å². The normalized spacial score (nSPS) is 14.5. The first-order chi connectivity index (χ1) is 14.0. The summed E-state index contributed by atoms with van der Waals surface area (Å²) in [6.07, 6.45) is 1.22. The second kappa shape index (κ2) is 9.26. The van der Waals surface area contributed by atoms with Crippen molar-refractivity contribution in [2.45, 2.75) is 6.92 Å². The highest BCUT2D eigenvalue weighted by molar-refractivity contribution is 5.95. The topological polar surface area (TPSA) is 137 Å². The monoisotopic (exact) mass is 401 g/mol. The fourth-order valence-corrected chi connectivity index (χ4v) is 3.08. The molecule has 2 aromatic rings. The molecular formula is C18H23N7O4. The lowest BCUT2D eigenvalue weighted by Gasteiger charge is -2.34. The molecule has 3 N–H and O–H groups in total. The number of hydrogen-bond donors (Lipinski definition) is 3. The highest BCUT2D eigenvalue weighted by Gasteiger charge is 2.29. The van der Waals surface area contributed by atoms with E-state index >= 15 is 0 Å². The number of β-amino-alcohol motifs (C(OH)–C–C–N with tert-alkyl or cyclic N) is 1. The second-order valence-corrected chi connectivity index (χ2v) is 6.65. The summed E-state index contributed by atoms with van der Waals surface area (Å²) in [4.78, 5) is 35.3. The Bertz CT molecular complexity index is 867. The van der Waals surface area contributed by atoms with Crippen molar-refractivity contribution < 1.29 is 14.8 Å². The highest BCUT2D eigenvalue weighted by atomic mass is 16.6. The molecule has 1 aromatic heterocycles. The Balaban J connectivity index is 1.74.